The summed E-state index contributed by atoms with van der Waals surface area (Å²) in [7, 11) is 0. The molecule has 0 fully saturated rings. The summed E-state index contributed by atoms with van der Waals surface area (Å²) in [5.74, 6) is -1.65. The predicted molar refractivity (Wildman–Crippen MR) is 85.8 cm³/mol. The van der Waals surface area contributed by atoms with E-state index in [1.807, 2.05) is 0 Å². The van der Waals surface area contributed by atoms with Crippen molar-refractivity contribution in [2.45, 2.75) is 18.5 Å². The first kappa shape index (κ1) is 21.1. The Balaban J connectivity index is 2.24. The Morgan fingerprint density at radius 1 is 0.929 bits per heavy atom. The fraction of sp³-hybridized carbons (Fsp3) is 0.176. The number of carbonyl (C=O) groups excluding carboxylic acids is 2. The number of alkyl halides is 6. The van der Waals surface area contributed by atoms with E-state index in [0.717, 1.165) is 24.3 Å². The van der Waals surface area contributed by atoms with Crippen LogP contribution in [0, 0.1) is 0 Å². The molecule has 0 aromatic heterocycles. The van der Waals surface area contributed by atoms with Crippen molar-refractivity contribution < 1.29 is 40.7 Å². The van der Waals surface area contributed by atoms with E-state index in [2.05, 4.69) is 4.74 Å². The average Bonchev–Trinajstić information content (AvgIpc) is 2.62. The molecule has 2 N–H and O–H groups in total. The van der Waals surface area contributed by atoms with Crippen LogP contribution < -0.4 is 15.4 Å². The number of rotatable bonds is 5. The SMILES string of the molecule is NC(=O)N(C(=O)c1ccccc1)c1ccc(OC(F)(F)C(F)C(F)(F)F)cc1. The Kier molecular flexibility index (Phi) is 5.86. The average molecular weight is 406 g/mol. The van der Waals surface area contributed by atoms with E-state index in [1.165, 1.54) is 24.3 Å². The van der Waals surface area contributed by atoms with Crippen molar-refractivity contribution in [3.05, 3.63) is 60.2 Å². The zero-order valence-electron chi connectivity index (χ0n) is 13.8. The van der Waals surface area contributed by atoms with Crippen molar-refractivity contribution in [3.8, 4) is 5.75 Å². The van der Waals surface area contributed by atoms with Crippen molar-refractivity contribution in [2.24, 2.45) is 5.73 Å². The van der Waals surface area contributed by atoms with Gasteiger partial charge in [0.15, 0.2) is 0 Å². The van der Waals surface area contributed by atoms with Gasteiger partial charge in [-0.2, -0.15) is 22.0 Å². The molecule has 1 unspecified atom stereocenters. The third-order valence-corrected chi connectivity index (χ3v) is 3.38. The highest BCUT2D eigenvalue weighted by Crippen LogP contribution is 2.36. The molecule has 0 bridgehead atoms. The van der Waals surface area contributed by atoms with Crippen LogP contribution in [0.3, 0.4) is 0 Å². The van der Waals surface area contributed by atoms with E-state index < -0.39 is 36.1 Å². The van der Waals surface area contributed by atoms with E-state index in [4.69, 9.17) is 5.73 Å². The molecule has 0 heterocycles. The standard InChI is InChI=1S/C17H12F6N2O3/c18-14(16(19,20)21)17(22,23)28-12-8-6-11(7-9-12)25(15(24)27)13(26)10-4-2-1-3-5-10/h1-9,14H,(H2,24,27). The molecule has 150 valence electrons. The molecule has 2 rings (SSSR count). The highest BCUT2D eigenvalue weighted by atomic mass is 19.4. The Hall–Kier alpha value is -3.24. The molecular formula is C17H12F6N2O3. The van der Waals surface area contributed by atoms with Crippen LogP contribution in [0.15, 0.2) is 54.6 Å². The Labute approximate surface area is 154 Å². The summed E-state index contributed by atoms with van der Waals surface area (Å²) in [6.07, 6.45) is -15.5. The first-order valence-electron chi connectivity index (χ1n) is 7.50. The molecule has 11 heteroatoms. The summed E-state index contributed by atoms with van der Waals surface area (Å²) in [6.45, 7) is 0. The van der Waals surface area contributed by atoms with E-state index in [9.17, 15) is 35.9 Å². The van der Waals surface area contributed by atoms with E-state index >= 15 is 0 Å². The van der Waals surface area contributed by atoms with Crippen molar-refractivity contribution in [3.63, 3.8) is 0 Å². The van der Waals surface area contributed by atoms with Crippen molar-refractivity contribution >= 4 is 17.6 Å². The van der Waals surface area contributed by atoms with Crippen LogP contribution in [0.2, 0.25) is 0 Å². The normalized spacial score (nSPS) is 12.9. The fourth-order valence-corrected chi connectivity index (χ4v) is 2.12. The van der Waals surface area contributed by atoms with Crippen LogP contribution in [0.4, 0.5) is 36.8 Å². The molecule has 0 aliphatic carbocycles. The summed E-state index contributed by atoms with van der Waals surface area (Å²) in [4.78, 5) is 24.5. The number of hydrogen-bond donors (Lipinski definition) is 1. The van der Waals surface area contributed by atoms with Crippen molar-refractivity contribution in [1.29, 1.82) is 0 Å². The van der Waals surface area contributed by atoms with Gasteiger partial charge >= 0.3 is 18.3 Å². The van der Waals surface area contributed by atoms with Gasteiger partial charge in [-0.1, -0.05) is 18.2 Å². The molecule has 0 saturated heterocycles. The quantitative estimate of drug-likeness (QED) is 0.754. The molecule has 0 aliphatic heterocycles. The summed E-state index contributed by atoms with van der Waals surface area (Å²) in [6, 6.07) is 9.62. The summed E-state index contributed by atoms with van der Waals surface area (Å²) in [5.41, 5.74) is 5.11. The van der Waals surface area contributed by atoms with Crippen LogP contribution >= 0.6 is 0 Å². The van der Waals surface area contributed by atoms with Crippen LogP contribution in [-0.2, 0) is 0 Å². The topological polar surface area (TPSA) is 72.6 Å². The molecule has 2 aromatic rings. The number of urea groups is 1. The van der Waals surface area contributed by atoms with E-state index in [0.29, 0.717) is 4.90 Å². The van der Waals surface area contributed by atoms with Gasteiger partial charge in [-0.3, -0.25) is 4.79 Å². The summed E-state index contributed by atoms with van der Waals surface area (Å²) < 4.78 is 79.6. The van der Waals surface area contributed by atoms with Gasteiger partial charge in [-0.15, -0.1) is 0 Å². The number of primary amides is 1. The molecule has 0 aliphatic rings. The number of ether oxygens (including phenoxy) is 1. The molecular weight excluding hydrogens is 394 g/mol. The van der Waals surface area contributed by atoms with Crippen molar-refractivity contribution in [1.82, 2.24) is 0 Å². The molecule has 1 atom stereocenters. The first-order valence-corrected chi connectivity index (χ1v) is 7.50. The number of nitrogens with two attached hydrogens (primary N) is 1. The maximum absolute atomic E-state index is 13.3. The number of anilines is 1. The highest BCUT2D eigenvalue weighted by Gasteiger charge is 2.59. The number of carbonyl (C=O) groups is 2. The second-order valence-corrected chi connectivity index (χ2v) is 5.41. The van der Waals surface area contributed by atoms with E-state index in [-0.39, 0.29) is 11.3 Å². The Morgan fingerprint density at radius 3 is 1.93 bits per heavy atom. The molecule has 0 radical (unpaired) electrons. The molecule has 3 amide bonds. The minimum absolute atomic E-state index is 0.0959. The number of amides is 3. The predicted octanol–water partition coefficient (Wildman–Crippen LogP) is 4.28. The Bertz CT molecular complexity index is 840. The second kappa shape index (κ2) is 7.79. The maximum Gasteiger partial charge on any atom is 0.439 e. The summed E-state index contributed by atoms with van der Waals surface area (Å²) in [5, 5.41) is 0. The van der Waals surface area contributed by atoms with Gasteiger partial charge < -0.3 is 10.5 Å². The van der Waals surface area contributed by atoms with Crippen LogP contribution in [-0.4, -0.2) is 30.4 Å². The van der Waals surface area contributed by atoms with Crippen LogP contribution in [0.25, 0.3) is 0 Å². The molecule has 0 saturated carbocycles. The lowest BCUT2D eigenvalue weighted by Gasteiger charge is -2.23. The maximum atomic E-state index is 13.3. The van der Waals surface area contributed by atoms with Crippen LogP contribution in [0.5, 0.6) is 5.75 Å². The smallest absolute Gasteiger partial charge is 0.430 e. The third kappa shape index (κ3) is 4.72. The van der Waals surface area contributed by atoms with Gasteiger partial charge in [0.05, 0.1) is 5.69 Å². The third-order valence-electron chi connectivity index (χ3n) is 3.38. The van der Waals surface area contributed by atoms with Gasteiger partial charge in [0.2, 0.25) is 0 Å². The molecule has 2 aromatic carbocycles. The number of hydrogen-bond acceptors (Lipinski definition) is 3. The molecule has 0 spiro atoms. The van der Waals surface area contributed by atoms with Gasteiger partial charge in [0.25, 0.3) is 12.1 Å². The number of halogens is 6. The second-order valence-electron chi connectivity index (χ2n) is 5.41. The lowest BCUT2D eigenvalue weighted by atomic mass is 10.2. The molecule has 28 heavy (non-hydrogen) atoms. The minimum atomic E-state index is -5.83. The van der Waals surface area contributed by atoms with Gasteiger partial charge in [0.1, 0.15) is 5.75 Å². The van der Waals surface area contributed by atoms with Gasteiger partial charge in [-0.25, -0.2) is 14.1 Å². The lowest BCUT2D eigenvalue weighted by molar-refractivity contribution is -0.304. The number of imide groups is 1. The zero-order valence-corrected chi connectivity index (χ0v) is 13.8. The number of nitrogens with zero attached hydrogens (tertiary/aromatic N) is 1. The van der Waals surface area contributed by atoms with Crippen LogP contribution in [0.1, 0.15) is 10.4 Å². The van der Waals surface area contributed by atoms with Gasteiger partial charge in [0, 0.05) is 5.56 Å². The van der Waals surface area contributed by atoms with E-state index in [1.54, 1.807) is 6.07 Å². The summed E-state index contributed by atoms with van der Waals surface area (Å²) >= 11 is 0. The number of benzene rings is 2. The lowest BCUT2D eigenvalue weighted by Crippen LogP contribution is -2.45. The Morgan fingerprint density at radius 2 is 1.46 bits per heavy atom. The van der Waals surface area contributed by atoms with Gasteiger partial charge in [-0.05, 0) is 36.4 Å². The minimum Gasteiger partial charge on any atom is -0.430 e. The highest BCUT2D eigenvalue weighted by molar-refractivity contribution is 6.20. The zero-order chi connectivity index (χ0) is 21.1. The first-order chi connectivity index (χ1) is 12.9. The van der Waals surface area contributed by atoms with Crippen molar-refractivity contribution in [2.75, 3.05) is 4.90 Å². The monoisotopic (exact) mass is 406 g/mol. The molecule has 5 nitrogen and oxygen atoms in total. The largest absolute Gasteiger partial charge is 0.439 e. The fourth-order valence-electron chi connectivity index (χ4n) is 2.12.